The van der Waals surface area contributed by atoms with Gasteiger partial charge in [-0.2, -0.15) is 0 Å². The zero-order valence-corrected chi connectivity index (χ0v) is 18.3. The Morgan fingerprint density at radius 2 is 1.77 bits per heavy atom. The molecule has 136 valence electrons. The molecule has 0 saturated carbocycles. The Hall–Kier alpha value is -1.62. The largest absolute Gasteiger partial charge is 0.491 e. The number of nitrogens with one attached hydrogen (secondary N) is 1. The van der Waals surface area contributed by atoms with Gasteiger partial charge in [-0.25, -0.2) is 4.79 Å². The highest BCUT2D eigenvalue weighted by Gasteiger charge is 2.14. The zero-order chi connectivity index (χ0) is 19.1. The van der Waals surface area contributed by atoms with Crippen LogP contribution in [0.5, 0.6) is 5.75 Å². The van der Waals surface area contributed by atoms with Gasteiger partial charge < -0.3 is 15.2 Å². The van der Waals surface area contributed by atoms with E-state index in [1.165, 1.54) is 6.08 Å². The fraction of sp³-hybridized carbons (Fsp3) is 0.158. The van der Waals surface area contributed by atoms with Crippen molar-refractivity contribution in [2.24, 2.45) is 0 Å². The summed E-state index contributed by atoms with van der Waals surface area (Å²) < 4.78 is 7.49. The molecule has 0 unspecified atom stereocenters. The molecule has 0 aliphatic rings. The van der Waals surface area contributed by atoms with Crippen molar-refractivity contribution in [1.82, 2.24) is 5.32 Å². The van der Waals surface area contributed by atoms with Crippen molar-refractivity contribution < 1.29 is 19.4 Å². The van der Waals surface area contributed by atoms with Crippen LogP contribution in [0.4, 0.5) is 0 Å². The Bertz CT molecular complexity index is 812. The highest BCUT2D eigenvalue weighted by atomic mass is 127. The molecule has 0 atom stereocenters. The van der Waals surface area contributed by atoms with Crippen molar-refractivity contribution in [2.75, 3.05) is 6.61 Å². The fourth-order valence-corrected chi connectivity index (χ4v) is 4.23. The average Bonchev–Trinajstić information content (AvgIpc) is 2.61. The number of halogens is 2. The van der Waals surface area contributed by atoms with Crippen LogP contribution in [0.2, 0.25) is 0 Å². The number of amides is 1. The minimum Gasteiger partial charge on any atom is -0.491 e. The first-order chi connectivity index (χ1) is 12.4. The molecule has 0 aliphatic heterocycles. The minimum atomic E-state index is -1.20. The van der Waals surface area contributed by atoms with Gasteiger partial charge in [-0.1, -0.05) is 25.1 Å². The number of carbonyl (C=O) groups is 2. The van der Waals surface area contributed by atoms with Gasteiger partial charge in [0.15, 0.2) is 0 Å². The lowest BCUT2D eigenvalue weighted by molar-refractivity contribution is -0.132. The van der Waals surface area contributed by atoms with Crippen LogP contribution in [0.15, 0.2) is 48.2 Å². The maximum Gasteiger partial charge on any atom is 0.352 e. The molecular weight excluding hydrogens is 560 g/mol. The molecule has 7 heteroatoms. The third-order valence-electron chi connectivity index (χ3n) is 3.30. The first-order valence-electron chi connectivity index (χ1n) is 7.85. The van der Waals surface area contributed by atoms with Crippen LogP contribution in [0.1, 0.15) is 29.3 Å². The summed E-state index contributed by atoms with van der Waals surface area (Å²) in [5.41, 5.74) is 0.883. The molecular formula is C19H17I2NO4. The molecule has 1 amide bonds. The van der Waals surface area contributed by atoms with Gasteiger partial charge in [0.2, 0.25) is 0 Å². The number of carbonyl (C=O) groups excluding carboxylic acids is 1. The van der Waals surface area contributed by atoms with Gasteiger partial charge in [0.25, 0.3) is 5.91 Å². The number of hydrogen-bond acceptors (Lipinski definition) is 3. The van der Waals surface area contributed by atoms with Crippen LogP contribution < -0.4 is 10.1 Å². The Labute approximate surface area is 179 Å². The molecule has 0 bridgehead atoms. The Kier molecular flexibility index (Phi) is 7.88. The fourth-order valence-electron chi connectivity index (χ4n) is 2.11. The van der Waals surface area contributed by atoms with Crippen molar-refractivity contribution in [2.45, 2.75) is 13.3 Å². The van der Waals surface area contributed by atoms with E-state index < -0.39 is 11.9 Å². The number of carboxylic acid groups (broad SMARTS) is 1. The summed E-state index contributed by atoms with van der Waals surface area (Å²) >= 11 is 4.31. The van der Waals surface area contributed by atoms with Crippen LogP contribution in [-0.4, -0.2) is 23.6 Å². The second-order valence-corrected chi connectivity index (χ2v) is 7.67. The van der Waals surface area contributed by atoms with E-state index in [4.69, 9.17) is 4.74 Å². The highest BCUT2D eigenvalue weighted by molar-refractivity contribution is 14.1. The predicted molar refractivity (Wildman–Crippen MR) is 117 cm³/mol. The standard InChI is InChI=1S/C19H17I2NO4/c1-2-8-26-17-14(20)9-12(10-15(17)21)11-16(19(24)25)22-18(23)13-6-4-3-5-7-13/h3-7,9-11H,2,8H2,1H3,(H,22,23)(H,24,25). The van der Waals surface area contributed by atoms with Crippen molar-refractivity contribution in [3.63, 3.8) is 0 Å². The molecule has 26 heavy (non-hydrogen) atoms. The summed E-state index contributed by atoms with van der Waals surface area (Å²) in [6, 6.07) is 12.1. The van der Waals surface area contributed by atoms with E-state index in [0.29, 0.717) is 17.7 Å². The lowest BCUT2D eigenvalue weighted by Gasteiger charge is -2.11. The first-order valence-corrected chi connectivity index (χ1v) is 10.0. The molecule has 2 aromatic rings. The van der Waals surface area contributed by atoms with E-state index in [-0.39, 0.29) is 5.70 Å². The summed E-state index contributed by atoms with van der Waals surface area (Å²) in [4.78, 5) is 23.8. The number of ether oxygens (including phenoxy) is 1. The van der Waals surface area contributed by atoms with Gasteiger partial charge in [-0.3, -0.25) is 4.79 Å². The van der Waals surface area contributed by atoms with Gasteiger partial charge in [0.1, 0.15) is 11.4 Å². The van der Waals surface area contributed by atoms with Gasteiger partial charge in [0.05, 0.1) is 13.7 Å². The normalized spacial score (nSPS) is 11.1. The van der Waals surface area contributed by atoms with E-state index in [2.05, 4.69) is 50.5 Å². The SMILES string of the molecule is CCCOc1c(I)cc(C=C(NC(=O)c2ccccc2)C(=O)O)cc1I. The van der Waals surface area contributed by atoms with Crippen LogP contribution >= 0.6 is 45.2 Å². The summed E-state index contributed by atoms with van der Waals surface area (Å²) in [6.45, 7) is 2.65. The topological polar surface area (TPSA) is 75.6 Å². The van der Waals surface area contributed by atoms with E-state index in [0.717, 1.165) is 19.3 Å². The van der Waals surface area contributed by atoms with Crippen molar-refractivity contribution >= 4 is 63.1 Å². The van der Waals surface area contributed by atoms with Crippen molar-refractivity contribution in [3.8, 4) is 5.75 Å². The monoisotopic (exact) mass is 577 g/mol. The van der Waals surface area contributed by atoms with Gasteiger partial charge >= 0.3 is 5.97 Å². The molecule has 0 radical (unpaired) electrons. The molecule has 0 heterocycles. The maximum atomic E-state index is 12.2. The summed E-state index contributed by atoms with van der Waals surface area (Å²) in [6.07, 6.45) is 2.35. The van der Waals surface area contributed by atoms with Gasteiger partial charge in [0, 0.05) is 5.56 Å². The van der Waals surface area contributed by atoms with E-state index in [1.807, 2.05) is 19.1 Å². The molecule has 5 nitrogen and oxygen atoms in total. The molecule has 2 rings (SSSR count). The van der Waals surface area contributed by atoms with Crippen LogP contribution in [-0.2, 0) is 4.79 Å². The number of benzene rings is 2. The minimum absolute atomic E-state index is 0.187. The van der Waals surface area contributed by atoms with E-state index in [1.54, 1.807) is 30.3 Å². The second-order valence-electron chi connectivity index (χ2n) is 5.35. The zero-order valence-electron chi connectivity index (χ0n) is 14.0. The predicted octanol–water partition coefficient (Wildman–Crippen LogP) is 4.54. The van der Waals surface area contributed by atoms with E-state index in [9.17, 15) is 14.7 Å². The molecule has 2 N–H and O–H groups in total. The lowest BCUT2D eigenvalue weighted by atomic mass is 10.1. The van der Waals surface area contributed by atoms with Crippen LogP contribution in [0.25, 0.3) is 6.08 Å². The van der Waals surface area contributed by atoms with Gasteiger partial charge in [-0.15, -0.1) is 0 Å². The molecule has 0 aliphatic carbocycles. The number of aliphatic carboxylic acids is 1. The third-order valence-corrected chi connectivity index (χ3v) is 4.90. The molecule has 2 aromatic carbocycles. The Morgan fingerprint density at radius 3 is 2.31 bits per heavy atom. The number of rotatable bonds is 7. The summed E-state index contributed by atoms with van der Waals surface area (Å²) in [7, 11) is 0. The van der Waals surface area contributed by atoms with Crippen molar-refractivity contribution in [1.29, 1.82) is 0 Å². The Morgan fingerprint density at radius 1 is 1.15 bits per heavy atom. The summed E-state index contributed by atoms with van der Waals surface area (Å²) in [5.74, 6) is -0.882. The smallest absolute Gasteiger partial charge is 0.352 e. The number of carboxylic acids is 1. The highest BCUT2D eigenvalue weighted by Crippen LogP contribution is 2.30. The Balaban J connectivity index is 2.28. The quantitative estimate of drug-likeness (QED) is 0.375. The second kappa shape index (κ2) is 9.91. The molecule has 0 aromatic heterocycles. The number of hydrogen-bond donors (Lipinski definition) is 2. The summed E-state index contributed by atoms with van der Waals surface area (Å²) in [5, 5.41) is 11.9. The molecule has 0 saturated heterocycles. The first kappa shape index (κ1) is 20.7. The maximum absolute atomic E-state index is 12.2. The molecule has 0 fully saturated rings. The lowest BCUT2D eigenvalue weighted by Crippen LogP contribution is -2.27. The van der Waals surface area contributed by atoms with E-state index >= 15 is 0 Å². The van der Waals surface area contributed by atoms with Gasteiger partial charge in [-0.05, 0) is 87.5 Å². The van der Waals surface area contributed by atoms with Crippen LogP contribution in [0.3, 0.4) is 0 Å². The average molecular weight is 577 g/mol. The molecule has 0 spiro atoms. The van der Waals surface area contributed by atoms with Crippen molar-refractivity contribution in [3.05, 3.63) is 66.4 Å². The van der Waals surface area contributed by atoms with Crippen LogP contribution in [0, 0.1) is 7.14 Å². The third kappa shape index (κ3) is 5.70.